The second-order valence-electron chi connectivity index (χ2n) is 5.96. The number of aromatic nitrogens is 1. The molecule has 2 bridgehead atoms. The van der Waals surface area contributed by atoms with Gasteiger partial charge in [-0.25, -0.2) is 4.98 Å². The van der Waals surface area contributed by atoms with Gasteiger partial charge in [-0.15, -0.1) is 11.3 Å². The van der Waals surface area contributed by atoms with Gasteiger partial charge in [0.2, 0.25) is 5.91 Å². The predicted octanol–water partition coefficient (Wildman–Crippen LogP) is 1.68. The average Bonchev–Trinajstić information content (AvgIpc) is 3.14. The Hall–Kier alpha value is -1.21. The summed E-state index contributed by atoms with van der Waals surface area (Å²) in [4.78, 5) is 16.1. The van der Waals surface area contributed by atoms with Crippen LogP contribution in [0.4, 0.5) is 0 Å². The molecule has 1 aromatic heterocycles. The van der Waals surface area contributed by atoms with Crippen LogP contribution in [0.25, 0.3) is 0 Å². The van der Waals surface area contributed by atoms with Gasteiger partial charge < -0.3 is 5.32 Å². The standard InChI is InChI=1S/C14H20N4OS2/c1-8-15-11(7-21-8)6-13(19)17-18-14(20)16-12-5-9-2-3-10(12)4-9/h7,9-10,12H,2-6H2,1H3,(H,17,19)(H2,16,18,20). The van der Waals surface area contributed by atoms with Crippen LogP contribution in [0.2, 0.25) is 0 Å². The highest BCUT2D eigenvalue weighted by Crippen LogP contribution is 2.44. The molecule has 0 radical (unpaired) electrons. The Balaban J connectivity index is 1.38. The predicted molar refractivity (Wildman–Crippen MR) is 86.8 cm³/mol. The van der Waals surface area contributed by atoms with Crippen molar-refractivity contribution in [3.63, 3.8) is 0 Å². The summed E-state index contributed by atoms with van der Waals surface area (Å²) in [6, 6.07) is 0.474. The van der Waals surface area contributed by atoms with E-state index >= 15 is 0 Å². The van der Waals surface area contributed by atoms with Gasteiger partial charge in [-0.05, 0) is 50.2 Å². The number of hydrogen-bond acceptors (Lipinski definition) is 4. The number of thiazole rings is 1. The van der Waals surface area contributed by atoms with E-state index in [0.717, 1.165) is 22.5 Å². The van der Waals surface area contributed by atoms with Gasteiger partial charge in [0.1, 0.15) is 0 Å². The Morgan fingerprint density at radius 2 is 2.29 bits per heavy atom. The van der Waals surface area contributed by atoms with Crippen LogP contribution in [0, 0.1) is 18.8 Å². The van der Waals surface area contributed by atoms with Gasteiger partial charge in [-0.3, -0.25) is 15.6 Å². The molecule has 21 heavy (non-hydrogen) atoms. The lowest BCUT2D eigenvalue weighted by molar-refractivity contribution is -0.121. The third-order valence-electron chi connectivity index (χ3n) is 4.38. The van der Waals surface area contributed by atoms with Crippen LogP contribution >= 0.6 is 23.6 Å². The maximum absolute atomic E-state index is 11.8. The van der Waals surface area contributed by atoms with Crippen LogP contribution in [0.15, 0.2) is 5.38 Å². The molecule has 2 aliphatic rings. The van der Waals surface area contributed by atoms with Crippen molar-refractivity contribution in [1.82, 2.24) is 21.2 Å². The number of fused-ring (bicyclic) bond motifs is 2. The molecule has 0 aromatic carbocycles. The van der Waals surface area contributed by atoms with Crippen molar-refractivity contribution < 1.29 is 4.79 Å². The normalized spacial score (nSPS) is 26.6. The van der Waals surface area contributed by atoms with Crippen molar-refractivity contribution in [3.8, 4) is 0 Å². The van der Waals surface area contributed by atoms with Crippen LogP contribution in [0.1, 0.15) is 36.4 Å². The number of hydrogen-bond donors (Lipinski definition) is 3. The van der Waals surface area contributed by atoms with Gasteiger partial charge in [0, 0.05) is 11.4 Å². The molecule has 2 fully saturated rings. The third-order valence-corrected chi connectivity index (χ3v) is 5.42. The molecule has 2 saturated carbocycles. The summed E-state index contributed by atoms with van der Waals surface area (Å²) < 4.78 is 0. The van der Waals surface area contributed by atoms with E-state index in [1.165, 1.54) is 25.7 Å². The van der Waals surface area contributed by atoms with Crippen molar-refractivity contribution in [3.05, 3.63) is 16.1 Å². The van der Waals surface area contributed by atoms with Crippen LogP contribution in [-0.2, 0) is 11.2 Å². The molecule has 2 aliphatic carbocycles. The minimum Gasteiger partial charge on any atom is -0.358 e. The van der Waals surface area contributed by atoms with E-state index in [-0.39, 0.29) is 12.3 Å². The number of carbonyl (C=O) groups excluding carboxylic acids is 1. The van der Waals surface area contributed by atoms with Crippen LogP contribution in [0.5, 0.6) is 0 Å². The molecule has 7 heteroatoms. The lowest BCUT2D eigenvalue weighted by Crippen LogP contribution is -2.51. The monoisotopic (exact) mass is 324 g/mol. The van der Waals surface area contributed by atoms with Crippen molar-refractivity contribution in [2.45, 2.75) is 45.1 Å². The molecule has 1 amide bonds. The summed E-state index contributed by atoms with van der Waals surface area (Å²) >= 11 is 6.79. The quantitative estimate of drug-likeness (QED) is 0.583. The van der Waals surface area contributed by atoms with E-state index in [2.05, 4.69) is 21.2 Å². The average molecular weight is 324 g/mol. The molecule has 3 unspecified atom stereocenters. The smallest absolute Gasteiger partial charge is 0.244 e. The summed E-state index contributed by atoms with van der Waals surface area (Å²) in [6.07, 6.45) is 5.48. The zero-order valence-corrected chi connectivity index (χ0v) is 13.6. The Bertz CT molecular complexity index is 545. The number of rotatable bonds is 3. The zero-order valence-electron chi connectivity index (χ0n) is 12.0. The summed E-state index contributed by atoms with van der Waals surface area (Å²) in [6.45, 7) is 1.93. The highest BCUT2D eigenvalue weighted by Gasteiger charge is 2.39. The Labute approximate surface area is 133 Å². The Morgan fingerprint density at radius 3 is 2.90 bits per heavy atom. The molecule has 3 atom stereocenters. The molecule has 0 aliphatic heterocycles. The van der Waals surface area contributed by atoms with Crippen molar-refractivity contribution >= 4 is 34.6 Å². The second kappa shape index (κ2) is 6.27. The summed E-state index contributed by atoms with van der Waals surface area (Å²) in [5.41, 5.74) is 6.22. The lowest BCUT2D eigenvalue weighted by Gasteiger charge is -2.24. The van der Waals surface area contributed by atoms with Crippen molar-refractivity contribution in [2.24, 2.45) is 11.8 Å². The minimum atomic E-state index is -0.127. The number of hydrazine groups is 1. The third kappa shape index (κ3) is 3.71. The largest absolute Gasteiger partial charge is 0.358 e. The summed E-state index contributed by atoms with van der Waals surface area (Å²) in [5.74, 6) is 1.50. The van der Waals surface area contributed by atoms with Gasteiger partial charge in [0.15, 0.2) is 5.11 Å². The van der Waals surface area contributed by atoms with E-state index in [0.29, 0.717) is 11.2 Å². The van der Waals surface area contributed by atoms with Gasteiger partial charge in [-0.2, -0.15) is 0 Å². The number of nitrogens with one attached hydrogen (secondary N) is 3. The summed E-state index contributed by atoms with van der Waals surface area (Å²) in [5, 5.41) is 6.71. The fraction of sp³-hybridized carbons (Fsp3) is 0.643. The first-order chi connectivity index (χ1) is 10.1. The van der Waals surface area contributed by atoms with Gasteiger partial charge in [0.05, 0.1) is 17.1 Å². The fourth-order valence-corrected chi connectivity index (χ4v) is 4.27. The maximum Gasteiger partial charge on any atom is 0.244 e. The number of carbonyl (C=O) groups is 1. The first kappa shape index (κ1) is 14.7. The molecule has 114 valence electrons. The maximum atomic E-state index is 11.8. The van der Waals surface area contributed by atoms with Crippen LogP contribution in [0.3, 0.4) is 0 Å². The molecule has 0 spiro atoms. The van der Waals surface area contributed by atoms with E-state index in [1.807, 2.05) is 12.3 Å². The highest BCUT2D eigenvalue weighted by atomic mass is 32.1. The SMILES string of the molecule is Cc1nc(CC(=O)NNC(=S)NC2CC3CCC2C3)cs1. The first-order valence-corrected chi connectivity index (χ1v) is 8.65. The molecule has 3 rings (SSSR count). The van der Waals surface area contributed by atoms with E-state index in [1.54, 1.807) is 11.3 Å². The van der Waals surface area contributed by atoms with Gasteiger partial charge in [0.25, 0.3) is 0 Å². The number of thiocarbonyl (C=S) groups is 1. The number of nitrogens with zero attached hydrogens (tertiary/aromatic N) is 1. The molecule has 1 aromatic rings. The molecule has 0 saturated heterocycles. The van der Waals surface area contributed by atoms with E-state index in [9.17, 15) is 4.79 Å². The molecule has 5 nitrogen and oxygen atoms in total. The van der Waals surface area contributed by atoms with Gasteiger partial charge in [-0.1, -0.05) is 6.42 Å². The lowest BCUT2D eigenvalue weighted by atomic mass is 9.96. The second-order valence-corrected chi connectivity index (χ2v) is 7.43. The highest BCUT2D eigenvalue weighted by molar-refractivity contribution is 7.80. The van der Waals surface area contributed by atoms with E-state index in [4.69, 9.17) is 12.2 Å². The fourth-order valence-electron chi connectivity index (χ4n) is 3.45. The zero-order chi connectivity index (χ0) is 14.8. The van der Waals surface area contributed by atoms with Crippen LogP contribution < -0.4 is 16.2 Å². The topological polar surface area (TPSA) is 66.0 Å². The van der Waals surface area contributed by atoms with Crippen molar-refractivity contribution in [1.29, 1.82) is 0 Å². The van der Waals surface area contributed by atoms with E-state index < -0.39 is 0 Å². The summed E-state index contributed by atoms with van der Waals surface area (Å²) in [7, 11) is 0. The molecular weight excluding hydrogens is 304 g/mol. The Morgan fingerprint density at radius 1 is 1.43 bits per heavy atom. The van der Waals surface area contributed by atoms with Crippen molar-refractivity contribution in [2.75, 3.05) is 0 Å². The minimum absolute atomic E-state index is 0.127. The van der Waals surface area contributed by atoms with Crippen LogP contribution in [-0.4, -0.2) is 22.0 Å². The molecular formula is C14H20N4OS2. The molecule has 1 heterocycles. The van der Waals surface area contributed by atoms with Gasteiger partial charge >= 0.3 is 0 Å². The number of aryl methyl sites for hydroxylation is 1. The first-order valence-electron chi connectivity index (χ1n) is 7.36. The Kier molecular flexibility index (Phi) is 4.40. The molecule has 3 N–H and O–H groups in total. The number of amides is 1.